The lowest BCUT2D eigenvalue weighted by molar-refractivity contribution is 0.288. The van der Waals surface area contributed by atoms with Crippen LogP contribution in [0.3, 0.4) is 0 Å². The van der Waals surface area contributed by atoms with Crippen molar-refractivity contribution < 1.29 is 5.11 Å². The first-order chi connectivity index (χ1) is 9.76. The van der Waals surface area contributed by atoms with Crippen LogP contribution >= 0.6 is 0 Å². The summed E-state index contributed by atoms with van der Waals surface area (Å²) in [4.78, 5) is 8.50. The molecule has 114 valence electrons. The van der Waals surface area contributed by atoms with Crippen molar-refractivity contribution in [3.63, 3.8) is 0 Å². The molecule has 3 N–H and O–H groups in total. The van der Waals surface area contributed by atoms with E-state index in [0.717, 1.165) is 30.7 Å². The highest BCUT2D eigenvalue weighted by Gasteiger charge is 2.03. The van der Waals surface area contributed by atoms with E-state index in [1.165, 1.54) is 44.9 Å². The number of rotatable bonds is 11. The zero-order valence-corrected chi connectivity index (χ0v) is 12.8. The summed E-state index contributed by atoms with van der Waals surface area (Å²) in [6.07, 6.45) is 11.6. The van der Waals surface area contributed by atoms with Gasteiger partial charge in [-0.05, 0) is 31.7 Å². The lowest BCUT2D eigenvalue weighted by atomic mass is 10.1. The van der Waals surface area contributed by atoms with Gasteiger partial charge in [0.15, 0.2) is 0 Å². The Balaban J connectivity index is 2.26. The summed E-state index contributed by atoms with van der Waals surface area (Å²) in [5.41, 5.74) is 7.72. The molecule has 0 aromatic carbocycles. The van der Waals surface area contributed by atoms with Gasteiger partial charge in [0.1, 0.15) is 0 Å². The largest absolute Gasteiger partial charge is 0.396 e. The molecule has 4 nitrogen and oxygen atoms in total. The van der Waals surface area contributed by atoms with Gasteiger partial charge in [-0.2, -0.15) is 0 Å². The SMILES string of the molecule is CCCCCCCCCc1cc(CCCO)nc(N)n1. The van der Waals surface area contributed by atoms with Gasteiger partial charge in [0.25, 0.3) is 0 Å². The fourth-order valence-electron chi connectivity index (χ4n) is 2.36. The summed E-state index contributed by atoms with van der Waals surface area (Å²) in [5, 5.41) is 8.85. The molecule has 0 spiro atoms. The molecule has 0 saturated heterocycles. The maximum Gasteiger partial charge on any atom is 0.220 e. The molecule has 0 aliphatic heterocycles. The molecule has 0 bridgehead atoms. The van der Waals surface area contributed by atoms with Crippen LogP contribution in [0, 0.1) is 0 Å². The molecule has 0 saturated carbocycles. The summed E-state index contributed by atoms with van der Waals surface area (Å²) < 4.78 is 0. The molecule has 1 rings (SSSR count). The van der Waals surface area contributed by atoms with E-state index in [1.54, 1.807) is 0 Å². The quantitative estimate of drug-likeness (QED) is 0.610. The van der Waals surface area contributed by atoms with Crippen LogP contribution in [-0.4, -0.2) is 21.7 Å². The Morgan fingerprint density at radius 1 is 0.900 bits per heavy atom. The zero-order chi connectivity index (χ0) is 14.6. The molecule has 1 aromatic rings. The maximum atomic E-state index is 8.85. The molecule has 0 unspecified atom stereocenters. The fraction of sp³-hybridized carbons (Fsp3) is 0.750. The van der Waals surface area contributed by atoms with Gasteiger partial charge in [0.2, 0.25) is 5.95 Å². The monoisotopic (exact) mass is 279 g/mol. The number of unbranched alkanes of at least 4 members (excludes halogenated alkanes) is 6. The number of aliphatic hydroxyl groups is 1. The summed E-state index contributed by atoms with van der Waals surface area (Å²) in [5.74, 6) is 0.360. The minimum atomic E-state index is 0.191. The number of aromatic nitrogens is 2. The van der Waals surface area contributed by atoms with Gasteiger partial charge >= 0.3 is 0 Å². The van der Waals surface area contributed by atoms with Crippen molar-refractivity contribution in [2.24, 2.45) is 0 Å². The molecule has 1 heterocycles. The second-order valence-electron chi connectivity index (χ2n) is 5.41. The third-order valence-electron chi connectivity index (χ3n) is 3.48. The molecule has 4 heteroatoms. The molecule has 0 fully saturated rings. The van der Waals surface area contributed by atoms with Crippen molar-refractivity contribution in [3.05, 3.63) is 17.5 Å². The predicted molar refractivity (Wildman–Crippen MR) is 83.5 cm³/mol. The Hall–Kier alpha value is -1.16. The van der Waals surface area contributed by atoms with Crippen molar-refractivity contribution in [1.82, 2.24) is 9.97 Å². The third-order valence-corrected chi connectivity index (χ3v) is 3.48. The Morgan fingerprint density at radius 2 is 1.45 bits per heavy atom. The normalized spacial score (nSPS) is 10.9. The number of hydrogen-bond acceptors (Lipinski definition) is 4. The van der Waals surface area contributed by atoms with E-state index < -0.39 is 0 Å². The van der Waals surface area contributed by atoms with Crippen molar-refractivity contribution in [2.45, 2.75) is 71.1 Å². The second-order valence-corrected chi connectivity index (χ2v) is 5.41. The summed E-state index contributed by atoms with van der Waals surface area (Å²) in [7, 11) is 0. The summed E-state index contributed by atoms with van der Waals surface area (Å²) in [6, 6.07) is 2.03. The molecule has 20 heavy (non-hydrogen) atoms. The van der Waals surface area contributed by atoms with E-state index in [2.05, 4.69) is 16.9 Å². The van der Waals surface area contributed by atoms with Gasteiger partial charge in [-0.15, -0.1) is 0 Å². The molecule has 0 radical (unpaired) electrons. The Kier molecular flexibility index (Phi) is 8.96. The topological polar surface area (TPSA) is 72.0 Å². The number of aryl methyl sites for hydroxylation is 2. The van der Waals surface area contributed by atoms with Crippen LogP contribution in [0.25, 0.3) is 0 Å². The van der Waals surface area contributed by atoms with Crippen molar-refractivity contribution in [2.75, 3.05) is 12.3 Å². The van der Waals surface area contributed by atoms with E-state index in [0.29, 0.717) is 5.95 Å². The fourth-order valence-corrected chi connectivity index (χ4v) is 2.36. The van der Waals surface area contributed by atoms with Gasteiger partial charge in [-0.25, -0.2) is 9.97 Å². The predicted octanol–water partition coefficient (Wildman–Crippen LogP) is 3.28. The van der Waals surface area contributed by atoms with Crippen LogP contribution < -0.4 is 5.73 Å². The average molecular weight is 279 g/mol. The number of nitrogens with zero attached hydrogens (tertiary/aromatic N) is 2. The van der Waals surface area contributed by atoms with Crippen molar-refractivity contribution in [3.8, 4) is 0 Å². The molecule has 0 amide bonds. The molecule has 0 aliphatic rings. The van der Waals surface area contributed by atoms with E-state index in [-0.39, 0.29) is 6.61 Å². The van der Waals surface area contributed by atoms with Gasteiger partial charge in [-0.3, -0.25) is 0 Å². The van der Waals surface area contributed by atoms with E-state index in [1.807, 2.05) is 6.07 Å². The minimum Gasteiger partial charge on any atom is -0.396 e. The van der Waals surface area contributed by atoms with Crippen LogP contribution in [0.4, 0.5) is 5.95 Å². The Morgan fingerprint density at radius 3 is 2.05 bits per heavy atom. The zero-order valence-electron chi connectivity index (χ0n) is 12.8. The van der Waals surface area contributed by atoms with E-state index in [9.17, 15) is 0 Å². The number of nitrogens with two attached hydrogens (primary N) is 1. The van der Waals surface area contributed by atoms with Crippen LogP contribution in [-0.2, 0) is 12.8 Å². The molecule has 0 atom stereocenters. The first-order valence-corrected chi connectivity index (χ1v) is 7.99. The first kappa shape index (κ1) is 16.9. The number of hydrogen-bond donors (Lipinski definition) is 2. The molecule has 0 aliphatic carbocycles. The minimum absolute atomic E-state index is 0.191. The third kappa shape index (κ3) is 7.43. The maximum absolute atomic E-state index is 8.85. The van der Waals surface area contributed by atoms with E-state index in [4.69, 9.17) is 10.8 Å². The van der Waals surface area contributed by atoms with Crippen molar-refractivity contribution in [1.29, 1.82) is 0 Å². The standard InChI is InChI=1S/C16H29N3O/c1-2-3-4-5-6-7-8-10-14-13-15(11-9-12-20)19-16(17)18-14/h13,20H,2-12H2,1H3,(H2,17,18,19). The second kappa shape index (κ2) is 10.6. The van der Waals surface area contributed by atoms with Gasteiger partial charge in [0.05, 0.1) is 0 Å². The summed E-state index contributed by atoms with van der Waals surface area (Å²) >= 11 is 0. The van der Waals surface area contributed by atoms with Crippen LogP contribution in [0.5, 0.6) is 0 Å². The molecular formula is C16H29N3O. The van der Waals surface area contributed by atoms with Crippen molar-refractivity contribution >= 4 is 5.95 Å². The average Bonchev–Trinajstić information content (AvgIpc) is 2.43. The molecule has 1 aromatic heterocycles. The first-order valence-electron chi connectivity index (χ1n) is 7.99. The van der Waals surface area contributed by atoms with E-state index >= 15 is 0 Å². The lowest BCUT2D eigenvalue weighted by Gasteiger charge is -2.05. The highest BCUT2D eigenvalue weighted by Crippen LogP contribution is 2.11. The van der Waals surface area contributed by atoms with Gasteiger partial charge in [0, 0.05) is 18.0 Å². The summed E-state index contributed by atoms with van der Waals surface area (Å²) in [6.45, 7) is 2.44. The van der Waals surface area contributed by atoms with Crippen LogP contribution in [0.15, 0.2) is 6.07 Å². The number of aliphatic hydroxyl groups excluding tert-OH is 1. The Labute approximate surface area is 122 Å². The highest BCUT2D eigenvalue weighted by atomic mass is 16.2. The van der Waals surface area contributed by atoms with Gasteiger partial charge in [-0.1, -0.05) is 45.4 Å². The van der Waals surface area contributed by atoms with Crippen LogP contribution in [0.1, 0.15) is 69.7 Å². The highest BCUT2D eigenvalue weighted by molar-refractivity contribution is 5.22. The van der Waals surface area contributed by atoms with Gasteiger partial charge < -0.3 is 10.8 Å². The number of anilines is 1. The smallest absolute Gasteiger partial charge is 0.220 e. The number of nitrogen functional groups attached to an aromatic ring is 1. The lowest BCUT2D eigenvalue weighted by Crippen LogP contribution is -2.04. The molecular weight excluding hydrogens is 250 g/mol. The Bertz CT molecular complexity index is 369. The van der Waals surface area contributed by atoms with Crippen LogP contribution in [0.2, 0.25) is 0 Å².